The van der Waals surface area contributed by atoms with Crippen molar-refractivity contribution < 1.29 is 4.79 Å². The Hall–Kier alpha value is -4.20. The Bertz CT molecular complexity index is 1320. The fourth-order valence-electron chi connectivity index (χ4n) is 4.25. The SMILES string of the molecule is C=CCNc1nc(N2CCN(C(=O)c3ccc(C)cc3)CC2)nc2c1ncn2Cc1ccccc1. The van der Waals surface area contributed by atoms with E-state index in [1.807, 2.05) is 65.2 Å². The molecule has 3 heterocycles. The second-order valence-corrected chi connectivity index (χ2v) is 8.72. The Labute approximate surface area is 204 Å². The number of carbonyl (C=O) groups is 1. The average Bonchev–Trinajstić information content (AvgIpc) is 3.30. The van der Waals surface area contributed by atoms with Crippen LogP contribution in [-0.4, -0.2) is 63.0 Å². The molecule has 0 atom stereocenters. The van der Waals surface area contributed by atoms with Crippen LogP contribution in [0.3, 0.4) is 0 Å². The van der Waals surface area contributed by atoms with Crippen molar-refractivity contribution in [3.63, 3.8) is 0 Å². The number of hydrogen-bond donors (Lipinski definition) is 1. The van der Waals surface area contributed by atoms with Gasteiger partial charge in [0.05, 0.1) is 12.9 Å². The van der Waals surface area contributed by atoms with E-state index in [0.717, 1.165) is 22.3 Å². The zero-order chi connectivity index (χ0) is 24.2. The van der Waals surface area contributed by atoms with Gasteiger partial charge in [-0.05, 0) is 24.6 Å². The molecule has 0 spiro atoms. The molecule has 0 aliphatic carbocycles. The van der Waals surface area contributed by atoms with Gasteiger partial charge in [-0.25, -0.2) is 4.98 Å². The average molecular weight is 468 g/mol. The zero-order valence-corrected chi connectivity index (χ0v) is 19.9. The number of piperazine rings is 1. The summed E-state index contributed by atoms with van der Waals surface area (Å²) in [5.41, 5.74) is 4.56. The van der Waals surface area contributed by atoms with Crippen LogP contribution >= 0.6 is 0 Å². The number of aryl methyl sites for hydroxylation is 1. The first-order valence-corrected chi connectivity index (χ1v) is 11.8. The number of benzene rings is 2. The molecule has 1 fully saturated rings. The monoisotopic (exact) mass is 467 g/mol. The number of aromatic nitrogens is 4. The summed E-state index contributed by atoms with van der Waals surface area (Å²) in [5.74, 6) is 1.39. The highest BCUT2D eigenvalue weighted by Gasteiger charge is 2.25. The van der Waals surface area contributed by atoms with Gasteiger partial charge in [-0.15, -0.1) is 6.58 Å². The number of hydrogen-bond acceptors (Lipinski definition) is 6. The molecule has 4 aromatic rings. The Morgan fingerprint density at radius 1 is 1.03 bits per heavy atom. The van der Waals surface area contributed by atoms with Gasteiger partial charge >= 0.3 is 0 Å². The van der Waals surface area contributed by atoms with Crippen LogP contribution in [0.5, 0.6) is 0 Å². The van der Waals surface area contributed by atoms with Gasteiger partial charge in [0.15, 0.2) is 17.0 Å². The molecule has 0 saturated carbocycles. The van der Waals surface area contributed by atoms with Gasteiger partial charge in [-0.1, -0.05) is 54.1 Å². The smallest absolute Gasteiger partial charge is 0.253 e. The lowest BCUT2D eigenvalue weighted by atomic mass is 10.1. The Kier molecular flexibility index (Phi) is 6.43. The maximum atomic E-state index is 12.9. The summed E-state index contributed by atoms with van der Waals surface area (Å²) < 4.78 is 2.05. The number of carbonyl (C=O) groups excluding carboxylic acids is 1. The number of amides is 1. The Balaban J connectivity index is 1.38. The molecule has 0 radical (unpaired) electrons. The third-order valence-corrected chi connectivity index (χ3v) is 6.21. The van der Waals surface area contributed by atoms with Crippen LogP contribution in [0.15, 0.2) is 73.6 Å². The topological polar surface area (TPSA) is 79.2 Å². The lowest BCUT2D eigenvalue weighted by molar-refractivity contribution is 0.0746. The molecule has 0 unspecified atom stereocenters. The van der Waals surface area contributed by atoms with Crippen molar-refractivity contribution >= 4 is 28.8 Å². The summed E-state index contributed by atoms with van der Waals surface area (Å²) in [5, 5.41) is 3.31. The van der Waals surface area contributed by atoms with Crippen LogP contribution < -0.4 is 10.2 Å². The highest BCUT2D eigenvalue weighted by atomic mass is 16.2. The molecule has 5 rings (SSSR count). The summed E-state index contributed by atoms with van der Waals surface area (Å²) in [7, 11) is 0. The van der Waals surface area contributed by atoms with Gasteiger partial charge in [-0.3, -0.25) is 4.79 Å². The molecule has 178 valence electrons. The number of imidazole rings is 1. The number of fused-ring (bicyclic) bond motifs is 1. The molecular formula is C27H29N7O. The number of nitrogens with one attached hydrogen (secondary N) is 1. The van der Waals surface area contributed by atoms with Gasteiger partial charge in [0, 0.05) is 38.3 Å². The summed E-state index contributed by atoms with van der Waals surface area (Å²) >= 11 is 0. The Morgan fingerprint density at radius 2 is 1.77 bits per heavy atom. The fourth-order valence-corrected chi connectivity index (χ4v) is 4.25. The van der Waals surface area contributed by atoms with Crippen molar-refractivity contribution in [3.05, 3.63) is 90.3 Å². The normalized spacial score (nSPS) is 13.7. The Morgan fingerprint density at radius 3 is 2.49 bits per heavy atom. The predicted octanol–water partition coefficient (Wildman–Crippen LogP) is 3.74. The van der Waals surface area contributed by atoms with E-state index in [0.29, 0.717) is 51.0 Å². The molecule has 1 aliphatic rings. The van der Waals surface area contributed by atoms with Crippen LogP contribution in [0, 0.1) is 6.92 Å². The second kappa shape index (κ2) is 9.97. The second-order valence-electron chi connectivity index (χ2n) is 8.72. The zero-order valence-electron chi connectivity index (χ0n) is 19.9. The maximum absolute atomic E-state index is 12.9. The first kappa shape index (κ1) is 22.6. The van der Waals surface area contributed by atoms with E-state index in [2.05, 4.69) is 33.9 Å². The quantitative estimate of drug-likeness (QED) is 0.417. The third kappa shape index (κ3) is 4.87. The van der Waals surface area contributed by atoms with E-state index in [1.54, 1.807) is 6.08 Å². The number of nitrogens with zero attached hydrogens (tertiary/aromatic N) is 6. The molecule has 1 aliphatic heterocycles. The molecule has 2 aromatic carbocycles. The van der Waals surface area contributed by atoms with Crippen LogP contribution in [0.4, 0.5) is 11.8 Å². The summed E-state index contributed by atoms with van der Waals surface area (Å²) in [6, 6.07) is 18.0. The lowest BCUT2D eigenvalue weighted by Crippen LogP contribution is -2.49. The molecule has 1 saturated heterocycles. The van der Waals surface area contributed by atoms with E-state index >= 15 is 0 Å². The first-order chi connectivity index (χ1) is 17.1. The minimum absolute atomic E-state index is 0.0651. The van der Waals surface area contributed by atoms with Crippen molar-refractivity contribution in [3.8, 4) is 0 Å². The molecule has 8 nitrogen and oxygen atoms in total. The van der Waals surface area contributed by atoms with Gasteiger partial charge in [0.1, 0.15) is 0 Å². The molecule has 0 bridgehead atoms. The minimum Gasteiger partial charge on any atom is -0.365 e. The molecule has 1 N–H and O–H groups in total. The van der Waals surface area contributed by atoms with E-state index in [1.165, 1.54) is 5.56 Å². The molecular weight excluding hydrogens is 438 g/mol. The standard InChI is InChI=1S/C27H29N7O/c1-3-13-28-24-23-25(34(19-29-23)18-21-7-5-4-6-8-21)31-27(30-24)33-16-14-32(15-17-33)26(35)22-11-9-20(2)10-12-22/h3-12,19H,1,13-18H2,2H3,(H,28,30,31). The van der Waals surface area contributed by atoms with Crippen LogP contribution in [0.1, 0.15) is 21.5 Å². The van der Waals surface area contributed by atoms with Gasteiger partial charge in [0.2, 0.25) is 5.95 Å². The van der Waals surface area contributed by atoms with E-state index < -0.39 is 0 Å². The highest BCUT2D eigenvalue weighted by molar-refractivity contribution is 5.94. The van der Waals surface area contributed by atoms with E-state index in [9.17, 15) is 4.79 Å². The van der Waals surface area contributed by atoms with Crippen molar-refractivity contribution in [1.29, 1.82) is 0 Å². The fraction of sp³-hybridized carbons (Fsp3) is 0.259. The van der Waals surface area contributed by atoms with Crippen LogP contribution in [0.25, 0.3) is 11.2 Å². The minimum atomic E-state index is 0.0651. The van der Waals surface area contributed by atoms with Crippen LogP contribution in [-0.2, 0) is 6.54 Å². The molecule has 1 amide bonds. The number of rotatable bonds is 7. The predicted molar refractivity (Wildman–Crippen MR) is 139 cm³/mol. The molecule has 8 heteroatoms. The van der Waals surface area contributed by atoms with E-state index in [-0.39, 0.29) is 5.91 Å². The van der Waals surface area contributed by atoms with Gasteiger partial charge in [-0.2, -0.15) is 9.97 Å². The van der Waals surface area contributed by atoms with Crippen molar-refractivity contribution in [2.75, 3.05) is 42.9 Å². The van der Waals surface area contributed by atoms with Crippen molar-refractivity contribution in [2.24, 2.45) is 0 Å². The molecule has 2 aromatic heterocycles. The van der Waals surface area contributed by atoms with Crippen molar-refractivity contribution in [1.82, 2.24) is 24.4 Å². The highest BCUT2D eigenvalue weighted by Crippen LogP contribution is 2.24. The van der Waals surface area contributed by atoms with Gasteiger partial charge < -0.3 is 19.7 Å². The van der Waals surface area contributed by atoms with Crippen LogP contribution in [0.2, 0.25) is 0 Å². The largest absolute Gasteiger partial charge is 0.365 e. The first-order valence-electron chi connectivity index (χ1n) is 11.8. The maximum Gasteiger partial charge on any atom is 0.253 e. The van der Waals surface area contributed by atoms with Crippen molar-refractivity contribution in [2.45, 2.75) is 13.5 Å². The summed E-state index contributed by atoms with van der Waals surface area (Å²) in [6.07, 6.45) is 3.61. The number of anilines is 2. The van der Waals surface area contributed by atoms with E-state index in [4.69, 9.17) is 9.97 Å². The molecule has 35 heavy (non-hydrogen) atoms. The summed E-state index contributed by atoms with van der Waals surface area (Å²) in [4.78, 5) is 31.3. The third-order valence-electron chi connectivity index (χ3n) is 6.21. The summed E-state index contributed by atoms with van der Waals surface area (Å²) in [6.45, 7) is 9.64. The van der Waals surface area contributed by atoms with Gasteiger partial charge in [0.25, 0.3) is 5.91 Å². The lowest BCUT2D eigenvalue weighted by Gasteiger charge is -2.35.